The Morgan fingerprint density at radius 1 is 1.16 bits per heavy atom. The number of rotatable bonds is 8. The van der Waals surface area contributed by atoms with Crippen LogP contribution in [0.15, 0.2) is 47.9 Å². The van der Waals surface area contributed by atoms with Gasteiger partial charge in [-0.1, -0.05) is 6.07 Å². The first kappa shape index (κ1) is 23.0. The number of thiazole rings is 1. The molecule has 0 atom stereocenters. The van der Waals surface area contributed by atoms with Gasteiger partial charge in [0, 0.05) is 29.6 Å². The summed E-state index contributed by atoms with van der Waals surface area (Å²) in [6, 6.07) is 9.70. The van der Waals surface area contributed by atoms with Crippen molar-refractivity contribution in [3.8, 4) is 22.8 Å². The largest absolute Gasteiger partial charge is 0.493 e. The SMILES string of the molecule is CCOc1ccc(/C=C/C(=O)Nc2nc(-c3ccc(NC(C)=O)cc3F)cs2)cc1OC. The predicted octanol–water partition coefficient (Wildman–Crippen LogP) is 4.97. The Kier molecular flexibility index (Phi) is 7.56. The van der Waals surface area contributed by atoms with Crippen LogP contribution < -0.4 is 20.1 Å². The van der Waals surface area contributed by atoms with E-state index in [0.717, 1.165) is 5.56 Å². The summed E-state index contributed by atoms with van der Waals surface area (Å²) in [7, 11) is 1.55. The molecule has 0 radical (unpaired) electrons. The number of halogens is 1. The Hall–Kier alpha value is -3.72. The average molecular weight is 456 g/mol. The monoisotopic (exact) mass is 455 g/mol. The number of carbonyl (C=O) groups excluding carboxylic acids is 2. The maximum atomic E-state index is 14.4. The third kappa shape index (κ3) is 5.92. The summed E-state index contributed by atoms with van der Waals surface area (Å²) in [6.07, 6.45) is 3.02. The molecule has 2 amide bonds. The Labute approximate surface area is 188 Å². The van der Waals surface area contributed by atoms with Crippen LogP contribution >= 0.6 is 11.3 Å². The van der Waals surface area contributed by atoms with Crippen LogP contribution in [0, 0.1) is 5.82 Å². The normalized spacial score (nSPS) is 10.8. The first-order valence-electron chi connectivity index (χ1n) is 9.72. The average Bonchev–Trinajstić information content (AvgIpc) is 3.20. The van der Waals surface area contributed by atoms with Gasteiger partial charge in [-0.15, -0.1) is 11.3 Å². The fourth-order valence-corrected chi connectivity index (χ4v) is 3.55. The molecule has 0 aliphatic carbocycles. The second kappa shape index (κ2) is 10.5. The van der Waals surface area contributed by atoms with E-state index in [2.05, 4.69) is 15.6 Å². The zero-order chi connectivity index (χ0) is 23.1. The van der Waals surface area contributed by atoms with Crippen LogP contribution in [0.1, 0.15) is 19.4 Å². The highest BCUT2D eigenvalue weighted by Gasteiger charge is 2.12. The quantitative estimate of drug-likeness (QED) is 0.468. The summed E-state index contributed by atoms with van der Waals surface area (Å²) in [6.45, 7) is 3.76. The van der Waals surface area contributed by atoms with Crippen LogP contribution in [0.3, 0.4) is 0 Å². The molecule has 7 nitrogen and oxygen atoms in total. The number of methoxy groups -OCH3 is 1. The van der Waals surface area contributed by atoms with Crippen LogP contribution in [0.2, 0.25) is 0 Å². The summed E-state index contributed by atoms with van der Waals surface area (Å²) in [5.41, 5.74) is 1.78. The van der Waals surface area contributed by atoms with E-state index in [-0.39, 0.29) is 17.4 Å². The van der Waals surface area contributed by atoms with Crippen molar-refractivity contribution in [3.05, 3.63) is 59.2 Å². The number of anilines is 2. The van der Waals surface area contributed by atoms with Crippen molar-refractivity contribution in [1.29, 1.82) is 0 Å². The molecule has 1 heterocycles. The smallest absolute Gasteiger partial charge is 0.250 e. The van der Waals surface area contributed by atoms with E-state index in [9.17, 15) is 14.0 Å². The van der Waals surface area contributed by atoms with Gasteiger partial charge in [0.15, 0.2) is 16.6 Å². The molecule has 3 rings (SSSR count). The van der Waals surface area contributed by atoms with Crippen LogP contribution in [-0.2, 0) is 9.59 Å². The Bertz CT molecular complexity index is 1160. The summed E-state index contributed by atoms with van der Waals surface area (Å²) in [5.74, 6) is 0.0197. The fourth-order valence-electron chi connectivity index (χ4n) is 2.84. The van der Waals surface area contributed by atoms with E-state index < -0.39 is 5.82 Å². The van der Waals surface area contributed by atoms with Gasteiger partial charge in [0.25, 0.3) is 0 Å². The Morgan fingerprint density at radius 2 is 1.97 bits per heavy atom. The van der Waals surface area contributed by atoms with Crippen molar-refractivity contribution in [2.45, 2.75) is 13.8 Å². The zero-order valence-corrected chi connectivity index (χ0v) is 18.6. The lowest BCUT2D eigenvalue weighted by Crippen LogP contribution is -2.07. The number of hydrogen-bond donors (Lipinski definition) is 2. The van der Waals surface area contributed by atoms with E-state index in [1.54, 1.807) is 36.8 Å². The summed E-state index contributed by atoms with van der Waals surface area (Å²) >= 11 is 1.18. The molecule has 32 heavy (non-hydrogen) atoms. The summed E-state index contributed by atoms with van der Waals surface area (Å²) in [4.78, 5) is 27.6. The minimum absolute atomic E-state index is 0.271. The fraction of sp³-hybridized carbons (Fsp3) is 0.174. The van der Waals surface area contributed by atoms with Crippen molar-refractivity contribution < 1.29 is 23.5 Å². The zero-order valence-electron chi connectivity index (χ0n) is 17.8. The molecule has 0 saturated heterocycles. The van der Waals surface area contributed by atoms with E-state index in [1.807, 2.05) is 13.0 Å². The van der Waals surface area contributed by atoms with Gasteiger partial charge in [0.1, 0.15) is 5.82 Å². The minimum atomic E-state index is -0.524. The van der Waals surface area contributed by atoms with Crippen molar-refractivity contribution in [1.82, 2.24) is 4.98 Å². The maximum absolute atomic E-state index is 14.4. The molecule has 166 valence electrons. The molecule has 0 aliphatic heterocycles. The Morgan fingerprint density at radius 3 is 2.66 bits per heavy atom. The van der Waals surface area contributed by atoms with Crippen molar-refractivity contribution in [3.63, 3.8) is 0 Å². The highest BCUT2D eigenvalue weighted by atomic mass is 32.1. The maximum Gasteiger partial charge on any atom is 0.250 e. The third-order valence-corrected chi connectivity index (χ3v) is 4.97. The molecule has 0 bridgehead atoms. The number of hydrogen-bond acceptors (Lipinski definition) is 6. The van der Waals surface area contributed by atoms with Crippen molar-refractivity contribution in [2.24, 2.45) is 0 Å². The molecule has 0 spiro atoms. The standard InChI is InChI=1S/C23H22FN3O4S/c1-4-31-20-9-5-15(11-21(20)30-3)6-10-22(29)27-23-26-19(13-32-23)17-8-7-16(12-18(17)24)25-14(2)28/h5-13H,4H2,1-3H3,(H,25,28)(H,26,27,29)/b10-6+. The van der Waals surface area contributed by atoms with Gasteiger partial charge in [-0.3, -0.25) is 14.9 Å². The molecule has 3 aromatic rings. The summed E-state index contributed by atoms with van der Waals surface area (Å²) < 4.78 is 25.2. The molecule has 0 fully saturated rings. The van der Waals surface area contributed by atoms with E-state index in [1.165, 1.54) is 36.5 Å². The van der Waals surface area contributed by atoms with Gasteiger partial charge in [-0.2, -0.15) is 0 Å². The number of benzene rings is 2. The highest BCUT2D eigenvalue weighted by molar-refractivity contribution is 7.14. The molecule has 0 aliphatic rings. The van der Waals surface area contributed by atoms with Gasteiger partial charge in [-0.05, 0) is 48.9 Å². The summed E-state index contributed by atoms with van der Waals surface area (Å²) in [5, 5.41) is 7.17. The minimum Gasteiger partial charge on any atom is -0.493 e. The second-order valence-electron chi connectivity index (χ2n) is 6.58. The Balaban J connectivity index is 1.67. The van der Waals surface area contributed by atoms with Crippen LogP contribution in [0.5, 0.6) is 11.5 Å². The van der Waals surface area contributed by atoms with Crippen LogP contribution in [0.25, 0.3) is 17.3 Å². The van der Waals surface area contributed by atoms with E-state index in [0.29, 0.717) is 34.6 Å². The van der Waals surface area contributed by atoms with Gasteiger partial charge < -0.3 is 14.8 Å². The molecular weight excluding hydrogens is 433 g/mol. The molecule has 0 saturated carbocycles. The number of nitrogens with zero attached hydrogens (tertiary/aromatic N) is 1. The van der Waals surface area contributed by atoms with Crippen molar-refractivity contribution >= 4 is 40.0 Å². The van der Waals surface area contributed by atoms with E-state index >= 15 is 0 Å². The van der Waals surface area contributed by atoms with Gasteiger partial charge in [-0.25, -0.2) is 9.37 Å². The number of aromatic nitrogens is 1. The number of carbonyl (C=O) groups is 2. The van der Waals surface area contributed by atoms with Crippen LogP contribution in [0.4, 0.5) is 15.2 Å². The number of ether oxygens (including phenoxy) is 2. The lowest BCUT2D eigenvalue weighted by molar-refractivity contribution is -0.114. The number of nitrogens with one attached hydrogen (secondary N) is 2. The molecule has 1 aromatic heterocycles. The third-order valence-electron chi connectivity index (χ3n) is 4.21. The lowest BCUT2D eigenvalue weighted by Gasteiger charge is -2.09. The molecule has 2 N–H and O–H groups in total. The first-order chi connectivity index (χ1) is 15.4. The molecular formula is C23H22FN3O4S. The predicted molar refractivity (Wildman–Crippen MR) is 124 cm³/mol. The van der Waals surface area contributed by atoms with Gasteiger partial charge >= 0.3 is 0 Å². The molecule has 2 aromatic carbocycles. The molecule has 0 unspecified atom stereocenters. The second-order valence-corrected chi connectivity index (χ2v) is 7.44. The van der Waals surface area contributed by atoms with E-state index in [4.69, 9.17) is 9.47 Å². The van der Waals surface area contributed by atoms with Gasteiger partial charge in [0.2, 0.25) is 11.8 Å². The van der Waals surface area contributed by atoms with Gasteiger partial charge in [0.05, 0.1) is 19.4 Å². The van der Waals surface area contributed by atoms with Crippen LogP contribution in [-0.4, -0.2) is 30.5 Å². The first-order valence-corrected chi connectivity index (χ1v) is 10.6. The lowest BCUT2D eigenvalue weighted by atomic mass is 10.1. The highest BCUT2D eigenvalue weighted by Crippen LogP contribution is 2.30. The number of amides is 2. The molecule has 9 heteroatoms. The topological polar surface area (TPSA) is 89.5 Å². The van der Waals surface area contributed by atoms with Crippen molar-refractivity contribution in [2.75, 3.05) is 24.4 Å².